The topological polar surface area (TPSA) is 74.7 Å². The number of rotatable bonds is 2. The molecule has 0 radical (unpaired) electrons. The normalized spacial score (nSPS) is 19.2. The number of hydrogen-bond donors (Lipinski definition) is 0. The highest BCUT2D eigenvalue weighted by atomic mass is 35.5. The molecule has 3 aromatic heterocycles. The lowest BCUT2D eigenvalue weighted by Gasteiger charge is -2.42. The number of carbonyl (C=O) groups excluding carboxylic acids is 2. The molecule has 1 unspecified atom stereocenters. The predicted octanol–water partition coefficient (Wildman–Crippen LogP) is 4.06. The van der Waals surface area contributed by atoms with Crippen LogP contribution in [0, 0.1) is 5.82 Å². The van der Waals surface area contributed by atoms with Gasteiger partial charge in [-0.15, -0.1) is 0 Å². The summed E-state index contributed by atoms with van der Waals surface area (Å²) in [4.78, 5) is 34.8. The molecule has 1 saturated heterocycles. The Kier molecular flexibility index (Phi) is 5.36. The largest absolute Gasteiger partial charge is 0.329 e. The van der Waals surface area contributed by atoms with E-state index in [1.54, 1.807) is 46.1 Å². The summed E-state index contributed by atoms with van der Waals surface area (Å²) in [5.74, 6) is -0.800. The molecular weight excluding hydrogens is 507 g/mol. The van der Waals surface area contributed by atoms with Crippen molar-refractivity contribution in [2.24, 2.45) is 0 Å². The average Bonchev–Trinajstić information content (AvgIpc) is 3.38. The maximum Gasteiger partial charge on any atom is 0.313 e. The van der Waals surface area contributed by atoms with Gasteiger partial charge in [-0.2, -0.15) is 4.57 Å². The van der Waals surface area contributed by atoms with E-state index >= 15 is 0 Å². The van der Waals surface area contributed by atoms with E-state index in [4.69, 9.17) is 16.7 Å². The molecule has 10 heteroatoms. The number of nitrogens with zero attached hydrogens (tertiary/aromatic N) is 6. The van der Waals surface area contributed by atoms with E-state index in [-0.39, 0.29) is 22.3 Å². The van der Waals surface area contributed by atoms with Crippen LogP contribution in [0.1, 0.15) is 54.2 Å². The van der Waals surface area contributed by atoms with Gasteiger partial charge in [0, 0.05) is 31.8 Å². The van der Waals surface area contributed by atoms with Crippen molar-refractivity contribution in [3.05, 3.63) is 82.6 Å². The Bertz CT molecular complexity index is 1630. The highest BCUT2D eigenvalue weighted by Gasteiger charge is 2.57. The maximum atomic E-state index is 14.3. The molecule has 2 aliphatic rings. The fourth-order valence-corrected chi connectivity index (χ4v) is 5.68. The summed E-state index contributed by atoms with van der Waals surface area (Å²) in [5.41, 5.74) is 2.56. The van der Waals surface area contributed by atoms with Crippen molar-refractivity contribution in [1.29, 1.82) is 0 Å². The summed E-state index contributed by atoms with van der Waals surface area (Å²) in [6, 6.07) is 11.8. The van der Waals surface area contributed by atoms with Crippen LogP contribution in [0.2, 0.25) is 5.02 Å². The molecule has 4 aromatic rings. The summed E-state index contributed by atoms with van der Waals surface area (Å²) in [5, 5.41) is 4.83. The van der Waals surface area contributed by atoms with Crippen LogP contribution in [0.3, 0.4) is 0 Å². The summed E-state index contributed by atoms with van der Waals surface area (Å²) in [6.07, 6.45) is 3.33. The number of pyridine rings is 1. The van der Waals surface area contributed by atoms with Crippen molar-refractivity contribution in [3.63, 3.8) is 0 Å². The van der Waals surface area contributed by atoms with Gasteiger partial charge >= 0.3 is 11.6 Å². The quantitative estimate of drug-likeness (QED) is 0.364. The first-order valence-electron chi connectivity index (χ1n) is 12.5. The lowest BCUT2D eigenvalue weighted by atomic mass is 9.87. The minimum absolute atomic E-state index is 0.0436. The van der Waals surface area contributed by atoms with Crippen LogP contribution in [-0.4, -0.2) is 55.8 Å². The Labute approximate surface area is 224 Å². The Morgan fingerprint density at radius 2 is 1.95 bits per heavy atom. The molecule has 38 heavy (non-hydrogen) atoms. The Morgan fingerprint density at radius 3 is 2.63 bits per heavy atom. The first-order valence-corrected chi connectivity index (χ1v) is 12.8. The number of aromatic nitrogens is 4. The second-order valence-electron chi connectivity index (χ2n) is 11.1. The molecule has 1 atom stereocenters. The van der Waals surface area contributed by atoms with Crippen LogP contribution in [0.25, 0.3) is 16.9 Å². The molecule has 1 aromatic carbocycles. The molecule has 0 saturated carbocycles. The summed E-state index contributed by atoms with van der Waals surface area (Å²) >= 11 is 5.91. The molecule has 2 amide bonds. The molecule has 1 fully saturated rings. The summed E-state index contributed by atoms with van der Waals surface area (Å²) in [6.45, 7) is 9.37. The van der Waals surface area contributed by atoms with Crippen LogP contribution < -0.4 is 4.57 Å². The van der Waals surface area contributed by atoms with Crippen molar-refractivity contribution in [2.45, 2.75) is 38.8 Å². The van der Waals surface area contributed by atoms with Crippen LogP contribution in [0.5, 0.6) is 0 Å². The number of hydrogen-bond acceptors (Lipinski definition) is 4. The molecule has 0 spiro atoms. The number of fused-ring (bicyclic) bond motifs is 5. The van der Waals surface area contributed by atoms with Crippen molar-refractivity contribution in [1.82, 2.24) is 24.4 Å². The molecule has 2 aliphatic heterocycles. The fourth-order valence-electron chi connectivity index (χ4n) is 5.57. The van der Waals surface area contributed by atoms with E-state index in [0.29, 0.717) is 42.3 Å². The first kappa shape index (κ1) is 24.5. The Balaban J connectivity index is 1.52. The highest BCUT2D eigenvalue weighted by molar-refractivity contribution is 6.30. The number of piperazine rings is 1. The van der Waals surface area contributed by atoms with E-state index in [1.807, 2.05) is 22.5 Å². The van der Waals surface area contributed by atoms with Gasteiger partial charge in [-0.3, -0.25) is 19.5 Å². The molecular formula is C28H27ClFN6O2+. The third-order valence-electron chi connectivity index (χ3n) is 7.46. The standard InChI is InChI=1S/C28H27ClFN6O2/c1-27(2,3)18-14-22(17-8-9-19(29)20(30)13-17)32-35-15-23-26(38)34-12-11-33(16-28(34,4)36(23)24(18)35)25(37)21-7-5-6-10-31-21/h5-10,13-15H,11-12,16H2,1-4H3/q+1. The van der Waals surface area contributed by atoms with Gasteiger partial charge in [-0.1, -0.05) is 54.1 Å². The van der Waals surface area contributed by atoms with Gasteiger partial charge in [0.1, 0.15) is 17.2 Å². The van der Waals surface area contributed by atoms with Crippen molar-refractivity contribution < 1.29 is 18.5 Å². The zero-order chi connectivity index (χ0) is 27.0. The van der Waals surface area contributed by atoms with Crippen molar-refractivity contribution in [3.8, 4) is 11.3 Å². The van der Waals surface area contributed by atoms with E-state index < -0.39 is 11.5 Å². The summed E-state index contributed by atoms with van der Waals surface area (Å²) < 4.78 is 18.0. The molecule has 194 valence electrons. The molecule has 5 heterocycles. The van der Waals surface area contributed by atoms with Crippen molar-refractivity contribution in [2.75, 3.05) is 19.6 Å². The highest BCUT2D eigenvalue weighted by Crippen LogP contribution is 2.36. The SMILES string of the molecule is CC(C)(C)c1cc(-c2ccc(Cl)c(F)c2)nn2cc3[n+](c12)C1(C)CN(C(=O)c2ccccn2)CCN1C3=O. The zero-order valence-corrected chi connectivity index (χ0v) is 22.3. The Hall–Kier alpha value is -3.85. The van der Waals surface area contributed by atoms with Crippen LogP contribution in [0.4, 0.5) is 4.39 Å². The fraction of sp³-hybridized carbons (Fsp3) is 0.321. The van der Waals surface area contributed by atoms with Gasteiger partial charge in [0.15, 0.2) is 6.20 Å². The lowest BCUT2D eigenvalue weighted by Crippen LogP contribution is -2.69. The van der Waals surface area contributed by atoms with Gasteiger partial charge in [0.2, 0.25) is 11.4 Å². The Morgan fingerprint density at radius 1 is 1.16 bits per heavy atom. The van der Waals surface area contributed by atoms with E-state index in [2.05, 4.69) is 25.8 Å². The van der Waals surface area contributed by atoms with Crippen LogP contribution >= 0.6 is 11.6 Å². The maximum absolute atomic E-state index is 14.3. The van der Waals surface area contributed by atoms with Gasteiger partial charge in [-0.05, 0) is 35.7 Å². The van der Waals surface area contributed by atoms with Crippen molar-refractivity contribution >= 4 is 29.1 Å². The smallest absolute Gasteiger partial charge is 0.313 e. The number of carbonyl (C=O) groups is 2. The number of imidazole rings is 1. The van der Waals surface area contributed by atoms with E-state index in [1.165, 1.54) is 12.1 Å². The van der Waals surface area contributed by atoms with E-state index in [0.717, 1.165) is 11.2 Å². The molecule has 6 rings (SSSR count). The monoisotopic (exact) mass is 533 g/mol. The summed E-state index contributed by atoms with van der Waals surface area (Å²) in [7, 11) is 0. The number of benzene rings is 1. The second kappa shape index (κ2) is 8.33. The second-order valence-corrected chi connectivity index (χ2v) is 11.5. The lowest BCUT2D eigenvalue weighted by molar-refractivity contribution is -0.749. The van der Waals surface area contributed by atoms with Gasteiger partial charge in [-0.25, -0.2) is 4.39 Å². The molecule has 0 N–H and O–H groups in total. The molecule has 0 bridgehead atoms. The third kappa shape index (κ3) is 3.60. The van der Waals surface area contributed by atoms with Gasteiger partial charge in [0.05, 0.1) is 17.1 Å². The first-order chi connectivity index (χ1) is 18.0. The number of halogens is 2. The van der Waals surface area contributed by atoms with Gasteiger partial charge < -0.3 is 4.90 Å². The van der Waals surface area contributed by atoms with Crippen LogP contribution in [0.15, 0.2) is 54.9 Å². The minimum Gasteiger partial charge on any atom is -0.329 e. The van der Waals surface area contributed by atoms with Gasteiger partial charge in [0.25, 0.3) is 5.91 Å². The predicted molar refractivity (Wildman–Crippen MR) is 139 cm³/mol. The molecule has 8 nitrogen and oxygen atoms in total. The zero-order valence-electron chi connectivity index (χ0n) is 21.6. The number of amides is 2. The van der Waals surface area contributed by atoms with Crippen LogP contribution in [-0.2, 0) is 11.1 Å². The van der Waals surface area contributed by atoms with E-state index in [9.17, 15) is 14.0 Å². The third-order valence-corrected chi connectivity index (χ3v) is 7.76. The average molecular weight is 534 g/mol. The minimum atomic E-state index is -0.820. The molecule has 0 aliphatic carbocycles.